The number of ether oxygens (including phenoxy) is 1. The summed E-state index contributed by atoms with van der Waals surface area (Å²) < 4.78 is 52.8. The number of aromatic nitrogens is 6. The summed E-state index contributed by atoms with van der Waals surface area (Å²) in [5.74, 6) is -1.84. The summed E-state index contributed by atoms with van der Waals surface area (Å²) >= 11 is 6.06. The van der Waals surface area contributed by atoms with Crippen molar-refractivity contribution in [3.05, 3.63) is 34.8 Å². The number of oxazole rings is 1. The van der Waals surface area contributed by atoms with Gasteiger partial charge in [-0.05, 0) is 17.7 Å². The van der Waals surface area contributed by atoms with Crippen LogP contribution in [0.5, 0.6) is 0 Å². The molecule has 39 heavy (non-hydrogen) atoms. The van der Waals surface area contributed by atoms with Gasteiger partial charge in [0.15, 0.2) is 40.5 Å². The Balaban J connectivity index is 1.48. The van der Waals surface area contributed by atoms with Crippen LogP contribution in [0.1, 0.15) is 35.1 Å². The van der Waals surface area contributed by atoms with Crippen molar-refractivity contribution in [3.63, 3.8) is 0 Å². The number of amides is 1. The smallest absolute Gasteiger partial charge is 0.420 e. The van der Waals surface area contributed by atoms with E-state index >= 15 is 0 Å². The molecule has 0 bridgehead atoms. The molecule has 0 spiro atoms. The van der Waals surface area contributed by atoms with Gasteiger partial charge in [-0.2, -0.15) is 28.1 Å². The molecule has 1 amide bonds. The summed E-state index contributed by atoms with van der Waals surface area (Å²) in [5.41, 5.74) is -2.24. The third kappa shape index (κ3) is 4.73. The Labute approximate surface area is 220 Å². The van der Waals surface area contributed by atoms with Crippen molar-refractivity contribution in [2.75, 3.05) is 12.4 Å². The molecular formula is C21H18ClF3N8O6. The van der Waals surface area contributed by atoms with E-state index < -0.39 is 65.1 Å². The van der Waals surface area contributed by atoms with Gasteiger partial charge < -0.3 is 30.0 Å². The molecule has 4 N–H and O–H groups in total. The van der Waals surface area contributed by atoms with Gasteiger partial charge in [0, 0.05) is 14.0 Å². The molecule has 14 nitrogen and oxygen atoms in total. The fraction of sp³-hybridized carbons (Fsp3) is 0.381. The summed E-state index contributed by atoms with van der Waals surface area (Å²) in [6, 6.07) is 0.742. The molecule has 0 saturated carbocycles. The lowest BCUT2D eigenvalue weighted by atomic mass is 10.1. The molecule has 5 heterocycles. The molecule has 206 valence electrons. The van der Waals surface area contributed by atoms with Crippen molar-refractivity contribution in [2.45, 2.75) is 44.2 Å². The molecule has 18 heteroatoms. The van der Waals surface area contributed by atoms with Gasteiger partial charge in [-0.25, -0.2) is 9.97 Å². The molecule has 1 fully saturated rings. The topological polar surface area (TPSA) is 190 Å². The SMILES string of the molecule is CNC(=O)[C@H]1O[C@@H](n2cnc3c(NCc4cc(C(F)(F)F)c5oc(C(C)=O)nc5n4)nc(Cl)nc32)[C@H](O)[C@@H]1O. The Morgan fingerprint density at radius 3 is 2.59 bits per heavy atom. The number of carbonyl (C=O) groups excluding carboxylic acids is 2. The van der Waals surface area contributed by atoms with Gasteiger partial charge in [0.25, 0.3) is 11.8 Å². The quantitative estimate of drug-likeness (QED) is 0.192. The van der Waals surface area contributed by atoms with Crippen LogP contribution < -0.4 is 10.6 Å². The predicted molar refractivity (Wildman–Crippen MR) is 124 cm³/mol. The summed E-state index contributed by atoms with van der Waals surface area (Å²) in [7, 11) is 1.34. The first-order valence-electron chi connectivity index (χ1n) is 11.1. The number of carbonyl (C=O) groups is 2. The van der Waals surface area contributed by atoms with Crippen LogP contribution >= 0.6 is 11.6 Å². The minimum atomic E-state index is -4.83. The molecule has 4 aromatic heterocycles. The minimum absolute atomic E-state index is 0.000306. The number of fused-ring (bicyclic) bond motifs is 2. The molecule has 4 atom stereocenters. The number of halogens is 4. The first kappa shape index (κ1) is 26.7. The largest absolute Gasteiger partial charge is 0.431 e. The van der Waals surface area contributed by atoms with Crippen molar-refractivity contribution in [1.29, 1.82) is 0 Å². The number of ketones is 1. The van der Waals surface area contributed by atoms with E-state index in [1.807, 2.05) is 0 Å². The van der Waals surface area contributed by atoms with Crippen LogP contribution in [0.2, 0.25) is 5.28 Å². The average molecular weight is 571 g/mol. The third-order valence-electron chi connectivity index (χ3n) is 5.87. The Morgan fingerprint density at radius 2 is 1.92 bits per heavy atom. The fourth-order valence-corrected chi connectivity index (χ4v) is 4.20. The second-order valence-electron chi connectivity index (χ2n) is 8.45. The van der Waals surface area contributed by atoms with E-state index in [0.717, 1.165) is 13.0 Å². The zero-order chi connectivity index (χ0) is 28.2. The standard InChI is InChI=1S/C21H18ClF3N8O6/c1-6(34)18-30-15-12(38-18)8(21(23,24)25)3-7(29-15)4-27-14-9-16(32-20(22)31-14)33(5-28-9)19-11(36)10(35)13(39-19)17(37)26-2/h3,5,10-11,13,19,35-36H,4H2,1-2H3,(H,26,37)(H,27,31,32)/t10-,11+,13-,19+/m0/s1. The summed E-state index contributed by atoms with van der Waals surface area (Å²) in [6.45, 7) is 0.787. The van der Waals surface area contributed by atoms with Crippen LogP contribution in [-0.4, -0.2) is 76.8 Å². The van der Waals surface area contributed by atoms with Crippen LogP contribution in [0.15, 0.2) is 16.8 Å². The second-order valence-corrected chi connectivity index (χ2v) is 8.79. The monoisotopic (exact) mass is 570 g/mol. The lowest BCUT2D eigenvalue weighted by molar-refractivity contribution is -0.137. The number of nitrogens with one attached hydrogen (secondary N) is 2. The summed E-state index contributed by atoms with van der Waals surface area (Å²) in [5, 5.41) is 25.6. The van der Waals surface area contributed by atoms with Crippen molar-refractivity contribution < 1.29 is 42.1 Å². The Kier molecular flexibility index (Phi) is 6.61. The van der Waals surface area contributed by atoms with Gasteiger partial charge >= 0.3 is 6.18 Å². The highest BCUT2D eigenvalue weighted by Crippen LogP contribution is 2.36. The molecule has 1 saturated heterocycles. The number of alkyl halides is 3. The summed E-state index contributed by atoms with van der Waals surface area (Å²) in [6.07, 6.45) is -9.34. The number of likely N-dealkylation sites (N-methyl/N-ethyl adjacent to an activating group) is 1. The van der Waals surface area contributed by atoms with Crippen LogP contribution in [0.3, 0.4) is 0 Å². The van der Waals surface area contributed by atoms with Gasteiger partial charge in [-0.1, -0.05) is 0 Å². The van der Waals surface area contributed by atoms with E-state index in [-0.39, 0.29) is 34.5 Å². The number of anilines is 1. The van der Waals surface area contributed by atoms with Crippen LogP contribution in [0.25, 0.3) is 22.4 Å². The molecule has 1 aliphatic heterocycles. The first-order valence-corrected chi connectivity index (χ1v) is 11.5. The number of hydrogen-bond donors (Lipinski definition) is 4. The Bertz CT molecular complexity index is 1610. The lowest BCUT2D eigenvalue weighted by Gasteiger charge is -2.16. The highest BCUT2D eigenvalue weighted by molar-refractivity contribution is 6.28. The maximum absolute atomic E-state index is 13.7. The molecule has 5 rings (SSSR count). The number of nitrogens with zero attached hydrogens (tertiary/aromatic N) is 6. The minimum Gasteiger partial charge on any atom is -0.431 e. The van der Waals surface area contributed by atoms with Crippen molar-refractivity contribution >= 4 is 51.5 Å². The molecule has 1 aliphatic rings. The third-order valence-corrected chi connectivity index (χ3v) is 6.04. The van der Waals surface area contributed by atoms with Gasteiger partial charge in [0.2, 0.25) is 11.1 Å². The molecular weight excluding hydrogens is 553 g/mol. The van der Waals surface area contributed by atoms with Crippen molar-refractivity contribution in [3.8, 4) is 0 Å². The van der Waals surface area contributed by atoms with Crippen LogP contribution in [0, 0.1) is 0 Å². The first-order chi connectivity index (χ1) is 18.4. The summed E-state index contributed by atoms with van der Waals surface area (Å²) in [4.78, 5) is 43.6. The van der Waals surface area contributed by atoms with Crippen molar-refractivity contribution in [1.82, 2.24) is 34.8 Å². The van der Waals surface area contributed by atoms with Crippen LogP contribution in [0.4, 0.5) is 19.0 Å². The van der Waals surface area contributed by atoms with Gasteiger partial charge in [0.05, 0.1) is 18.6 Å². The van der Waals surface area contributed by atoms with E-state index in [4.69, 9.17) is 20.8 Å². The number of aliphatic hydroxyl groups excluding tert-OH is 2. The molecule has 4 aromatic rings. The van der Waals surface area contributed by atoms with E-state index in [1.165, 1.54) is 17.9 Å². The fourth-order valence-electron chi connectivity index (χ4n) is 4.04. The van der Waals surface area contributed by atoms with E-state index in [0.29, 0.717) is 0 Å². The molecule has 0 aromatic carbocycles. The van der Waals surface area contributed by atoms with Crippen LogP contribution in [-0.2, 0) is 22.3 Å². The second kappa shape index (κ2) is 9.67. The van der Waals surface area contributed by atoms with E-state index in [1.54, 1.807) is 0 Å². The number of Topliss-reactive ketones (excluding diaryl/α,β-unsaturated/α-hetero) is 1. The maximum atomic E-state index is 13.7. The van der Waals surface area contributed by atoms with E-state index in [9.17, 15) is 33.0 Å². The van der Waals surface area contributed by atoms with E-state index in [2.05, 4.69) is 35.6 Å². The normalized spacial score (nSPS) is 21.5. The highest BCUT2D eigenvalue weighted by atomic mass is 35.5. The lowest BCUT2D eigenvalue weighted by Crippen LogP contribution is -2.41. The average Bonchev–Trinajstić information content (AvgIpc) is 3.57. The molecule has 0 unspecified atom stereocenters. The highest BCUT2D eigenvalue weighted by Gasteiger charge is 2.47. The van der Waals surface area contributed by atoms with Gasteiger partial charge in [-0.3, -0.25) is 14.2 Å². The zero-order valence-corrected chi connectivity index (χ0v) is 20.6. The van der Waals surface area contributed by atoms with Crippen molar-refractivity contribution in [2.24, 2.45) is 0 Å². The molecule has 0 aliphatic carbocycles. The number of pyridine rings is 1. The number of aliphatic hydroxyl groups is 2. The predicted octanol–water partition coefficient (Wildman–Crippen LogP) is 1.21. The number of hydrogen-bond acceptors (Lipinski definition) is 12. The number of imidazole rings is 1. The molecule has 0 radical (unpaired) electrons. The Hall–Kier alpha value is -3.93. The van der Waals surface area contributed by atoms with Gasteiger partial charge in [0.1, 0.15) is 17.8 Å². The zero-order valence-electron chi connectivity index (χ0n) is 19.9. The Morgan fingerprint density at radius 1 is 1.18 bits per heavy atom. The maximum Gasteiger partial charge on any atom is 0.420 e. The number of rotatable bonds is 6. The van der Waals surface area contributed by atoms with Gasteiger partial charge in [-0.15, -0.1) is 0 Å².